The van der Waals surface area contributed by atoms with Crippen molar-refractivity contribution >= 4 is 11.7 Å². The fraction of sp³-hybridized carbons (Fsp3) is 0.222. The van der Waals surface area contributed by atoms with Gasteiger partial charge in [0.05, 0.1) is 12.0 Å². The van der Waals surface area contributed by atoms with Crippen molar-refractivity contribution in [3.05, 3.63) is 59.9 Å². The normalized spacial score (nSPS) is 11.4. The van der Waals surface area contributed by atoms with Gasteiger partial charge in [0.25, 0.3) is 0 Å². The van der Waals surface area contributed by atoms with Crippen LogP contribution < -0.4 is 5.32 Å². The van der Waals surface area contributed by atoms with Gasteiger partial charge >= 0.3 is 6.18 Å². The van der Waals surface area contributed by atoms with Crippen molar-refractivity contribution < 1.29 is 18.0 Å². The predicted molar refractivity (Wildman–Crippen MR) is 92.8 cm³/mol. The van der Waals surface area contributed by atoms with Gasteiger partial charge in [-0.3, -0.25) is 9.78 Å². The average Bonchev–Trinajstić information content (AvgIpc) is 2.97. The molecule has 0 aliphatic heterocycles. The van der Waals surface area contributed by atoms with Crippen LogP contribution in [-0.2, 0) is 17.5 Å². The Morgan fingerprint density at radius 1 is 1.15 bits per heavy atom. The first-order valence-electron chi connectivity index (χ1n) is 8.02. The van der Waals surface area contributed by atoms with Gasteiger partial charge in [0.1, 0.15) is 18.1 Å². The molecule has 0 saturated heterocycles. The summed E-state index contributed by atoms with van der Waals surface area (Å²) in [6, 6.07) is 5.90. The Kier molecular flexibility index (Phi) is 4.93. The largest absolute Gasteiger partial charge is 0.433 e. The van der Waals surface area contributed by atoms with Crippen molar-refractivity contribution in [3.8, 4) is 11.3 Å². The number of hydrogen-bond acceptors (Lipinski definition) is 4. The van der Waals surface area contributed by atoms with E-state index in [0.717, 1.165) is 17.8 Å². The topological polar surface area (TPSA) is 72.7 Å². The second-order valence-corrected chi connectivity index (χ2v) is 6.00. The average molecular weight is 375 g/mol. The third-order valence-electron chi connectivity index (χ3n) is 3.92. The Bertz CT molecular complexity index is 964. The molecule has 3 aromatic rings. The number of halogens is 3. The minimum Gasteiger partial charge on any atom is -0.325 e. The number of amides is 1. The second kappa shape index (κ2) is 7.18. The summed E-state index contributed by atoms with van der Waals surface area (Å²) < 4.78 is 40.1. The zero-order chi connectivity index (χ0) is 19.6. The van der Waals surface area contributed by atoms with Crippen LogP contribution in [0.25, 0.3) is 11.3 Å². The number of nitrogens with zero attached hydrogens (tertiary/aromatic N) is 4. The van der Waals surface area contributed by atoms with E-state index < -0.39 is 11.9 Å². The van der Waals surface area contributed by atoms with Gasteiger partial charge in [-0.25, -0.2) is 9.97 Å². The number of hydrogen-bond donors (Lipinski definition) is 1. The van der Waals surface area contributed by atoms with Gasteiger partial charge in [-0.2, -0.15) is 13.2 Å². The van der Waals surface area contributed by atoms with E-state index in [1.165, 1.54) is 12.4 Å². The van der Waals surface area contributed by atoms with E-state index in [4.69, 9.17) is 0 Å². The quantitative estimate of drug-likeness (QED) is 0.756. The maximum Gasteiger partial charge on any atom is 0.433 e. The SMILES string of the molecule is Cc1ccc(NC(=O)Cn2cnc(-c3ccnc(C(F)(F)F)c3)c2C)nc1. The van der Waals surface area contributed by atoms with Crippen LogP contribution in [0.4, 0.5) is 19.0 Å². The Labute approximate surface area is 153 Å². The molecule has 0 atom stereocenters. The van der Waals surface area contributed by atoms with E-state index in [2.05, 4.69) is 20.3 Å². The highest BCUT2D eigenvalue weighted by Crippen LogP contribution is 2.30. The second-order valence-electron chi connectivity index (χ2n) is 6.00. The van der Waals surface area contributed by atoms with Gasteiger partial charge in [0.2, 0.25) is 5.91 Å². The zero-order valence-electron chi connectivity index (χ0n) is 14.6. The lowest BCUT2D eigenvalue weighted by molar-refractivity contribution is -0.141. The molecule has 3 heterocycles. The summed E-state index contributed by atoms with van der Waals surface area (Å²) in [5.74, 6) is 0.108. The van der Waals surface area contributed by atoms with Crippen LogP contribution in [0.1, 0.15) is 17.0 Å². The van der Waals surface area contributed by atoms with Crippen LogP contribution in [0, 0.1) is 13.8 Å². The van der Waals surface area contributed by atoms with Crippen molar-refractivity contribution in [2.45, 2.75) is 26.6 Å². The maximum absolute atomic E-state index is 12.8. The molecule has 0 bridgehead atoms. The number of alkyl halides is 3. The number of anilines is 1. The number of pyridine rings is 2. The molecular formula is C18H16F3N5O. The highest BCUT2D eigenvalue weighted by molar-refractivity contribution is 5.89. The van der Waals surface area contributed by atoms with Crippen molar-refractivity contribution in [1.29, 1.82) is 0 Å². The monoisotopic (exact) mass is 375 g/mol. The Hall–Kier alpha value is -3.23. The molecule has 0 radical (unpaired) electrons. The van der Waals surface area contributed by atoms with Crippen molar-refractivity contribution in [3.63, 3.8) is 0 Å². The molecule has 6 nitrogen and oxygen atoms in total. The molecule has 1 N–H and O–H groups in total. The summed E-state index contributed by atoms with van der Waals surface area (Å²) in [6.07, 6.45) is -0.391. The molecular weight excluding hydrogens is 359 g/mol. The summed E-state index contributed by atoms with van der Waals surface area (Å²) >= 11 is 0. The number of carbonyl (C=O) groups excluding carboxylic acids is 1. The van der Waals surface area contributed by atoms with E-state index in [1.54, 1.807) is 23.8 Å². The molecule has 3 aromatic heterocycles. The molecule has 0 aliphatic carbocycles. The molecule has 27 heavy (non-hydrogen) atoms. The first kappa shape index (κ1) is 18.6. The summed E-state index contributed by atoms with van der Waals surface area (Å²) in [5, 5.41) is 2.67. The molecule has 0 saturated carbocycles. The Morgan fingerprint density at radius 2 is 1.93 bits per heavy atom. The van der Waals surface area contributed by atoms with Crippen LogP contribution >= 0.6 is 0 Å². The summed E-state index contributed by atoms with van der Waals surface area (Å²) in [7, 11) is 0. The van der Waals surface area contributed by atoms with Crippen LogP contribution in [-0.4, -0.2) is 25.4 Å². The van der Waals surface area contributed by atoms with Crippen LogP contribution in [0.3, 0.4) is 0 Å². The molecule has 1 amide bonds. The fourth-order valence-electron chi connectivity index (χ4n) is 2.50. The van der Waals surface area contributed by atoms with E-state index in [0.29, 0.717) is 17.2 Å². The summed E-state index contributed by atoms with van der Waals surface area (Å²) in [5.41, 5.74) is 1.20. The molecule has 3 rings (SSSR count). The third-order valence-corrected chi connectivity index (χ3v) is 3.92. The smallest absolute Gasteiger partial charge is 0.325 e. The van der Waals surface area contributed by atoms with Gasteiger partial charge in [-0.15, -0.1) is 0 Å². The highest BCUT2D eigenvalue weighted by Gasteiger charge is 2.32. The lowest BCUT2D eigenvalue weighted by Crippen LogP contribution is -2.19. The minimum atomic E-state index is -4.53. The van der Waals surface area contributed by atoms with Gasteiger partial charge < -0.3 is 9.88 Å². The number of rotatable bonds is 4. The predicted octanol–water partition coefficient (Wildman–Crippen LogP) is 3.61. The van der Waals surface area contributed by atoms with Gasteiger partial charge in [-0.05, 0) is 37.6 Å². The maximum atomic E-state index is 12.8. The highest BCUT2D eigenvalue weighted by atomic mass is 19.4. The molecule has 0 fully saturated rings. The van der Waals surface area contributed by atoms with Crippen LogP contribution in [0.5, 0.6) is 0 Å². The van der Waals surface area contributed by atoms with Gasteiger partial charge in [0, 0.05) is 23.7 Å². The molecule has 0 aromatic carbocycles. The van der Waals surface area contributed by atoms with Crippen LogP contribution in [0.2, 0.25) is 0 Å². The standard InChI is InChI=1S/C18H16F3N5O/c1-11-3-4-15(23-8-11)25-16(27)9-26-10-24-17(12(26)2)13-5-6-22-14(7-13)18(19,20)21/h3-8,10H,9H2,1-2H3,(H,23,25,27). The molecule has 0 spiro atoms. The minimum absolute atomic E-state index is 0.0361. The zero-order valence-corrected chi connectivity index (χ0v) is 14.6. The number of imidazole rings is 1. The number of carbonyl (C=O) groups is 1. The first-order valence-corrected chi connectivity index (χ1v) is 8.02. The molecule has 9 heteroatoms. The number of nitrogens with one attached hydrogen (secondary N) is 1. The van der Waals surface area contributed by atoms with Crippen LogP contribution in [0.15, 0.2) is 43.0 Å². The Morgan fingerprint density at radius 3 is 2.59 bits per heavy atom. The first-order chi connectivity index (χ1) is 12.7. The fourth-order valence-corrected chi connectivity index (χ4v) is 2.50. The summed E-state index contributed by atoms with van der Waals surface area (Å²) in [4.78, 5) is 23.8. The van der Waals surface area contributed by atoms with Gasteiger partial charge in [0.15, 0.2) is 0 Å². The van der Waals surface area contributed by atoms with E-state index in [1.807, 2.05) is 13.0 Å². The number of aromatic nitrogens is 4. The van der Waals surface area contributed by atoms with E-state index in [-0.39, 0.29) is 18.0 Å². The van der Waals surface area contributed by atoms with Gasteiger partial charge in [-0.1, -0.05) is 6.07 Å². The van der Waals surface area contributed by atoms with E-state index >= 15 is 0 Å². The molecule has 0 unspecified atom stereocenters. The molecule has 0 aliphatic rings. The van der Waals surface area contributed by atoms with E-state index in [9.17, 15) is 18.0 Å². The Balaban J connectivity index is 1.77. The van der Waals surface area contributed by atoms with Crippen molar-refractivity contribution in [1.82, 2.24) is 19.5 Å². The van der Waals surface area contributed by atoms with Crippen molar-refractivity contribution in [2.24, 2.45) is 0 Å². The molecule has 140 valence electrons. The summed E-state index contributed by atoms with van der Waals surface area (Å²) in [6.45, 7) is 3.54. The lowest BCUT2D eigenvalue weighted by atomic mass is 10.1. The lowest BCUT2D eigenvalue weighted by Gasteiger charge is -2.09. The third kappa shape index (κ3) is 4.30. The number of aryl methyl sites for hydroxylation is 1. The van der Waals surface area contributed by atoms with Crippen molar-refractivity contribution in [2.75, 3.05) is 5.32 Å².